The van der Waals surface area contributed by atoms with Crippen LogP contribution in [0.1, 0.15) is 4.88 Å². The molecular formula is C23H22FNO6S2. The Hall–Kier alpha value is -3.18. The Kier molecular flexibility index (Phi) is 10.1. The van der Waals surface area contributed by atoms with Crippen molar-refractivity contribution in [3.8, 4) is 16.9 Å². The monoisotopic (exact) mass is 491 g/mol. The van der Waals surface area contributed by atoms with Crippen LogP contribution in [0.15, 0.2) is 75.9 Å². The minimum Gasteiger partial charge on any atom is -0.606 e. The molecule has 1 unspecified atom stereocenters. The molecule has 3 N–H and O–H groups in total. The van der Waals surface area contributed by atoms with Crippen LogP contribution in [0.2, 0.25) is 0 Å². The quantitative estimate of drug-likeness (QED) is 0.320. The Bertz CT molecular complexity index is 1120. The largest absolute Gasteiger partial charge is 0.606 e. The smallest absolute Gasteiger partial charge is 0.328 e. The lowest BCUT2D eigenvalue weighted by atomic mass is 10.1. The Labute approximate surface area is 197 Å². The molecule has 0 amide bonds. The summed E-state index contributed by atoms with van der Waals surface area (Å²) < 4.78 is 33.3. The first-order valence-electron chi connectivity index (χ1n) is 9.48. The van der Waals surface area contributed by atoms with Gasteiger partial charge in [0.25, 0.3) is 0 Å². The second kappa shape index (κ2) is 12.8. The summed E-state index contributed by atoms with van der Waals surface area (Å²) in [6.07, 6.45) is 1.12. The van der Waals surface area contributed by atoms with E-state index >= 15 is 0 Å². The van der Waals surface area contributed by atoms with E-state index in [9.17, 15) is 18.5 Å². The summed E-state index contributed by atoms with van der Waals surface area (Å²) >= 11 is 0.0162. The highest BCUT2D eigenvalue weighted by Gasteiger charge is 2.25. The standard InChI is InChI=1S/C19H18FNO2S2.C4H4O4/c1-21-12-14-11-17(16-8-3-4-9-18(16)20)19(24-14)25(22)15-7-5-6-13(10-15)23-2;5-3(6)1-2-4(7)8/h3-11,21H,12H2,1-2H3;1-2H,(H,5,6)(H,7,8)/b;2-1+. The van der Waals surface area contributed by atoms with Crippen LogP contribution in [-0.2, 0) is 27.3 Å². The number of rotatable bonds is 8. The maximum atomic E-state index is 14.3. The highest BCUT2D eigenvalue weighted by atomic mass is 32.2. The number of carboxylic acids is 2. The third-order valence-electron chi connectivity index (χ3n) is 4.06. The van der Waals surface area contributed by atoms with Crippen LogP contribution < -0.4 is 10.1 Å². The zero-order valence-corrected chi connectivity index (χ0v) is 19.4. The van der Waals surface area contributed by atoms with Gasteiger partial charge in [-0.15, -0.1) is 0 Å². The number of hydrogen-bond acceptors (Lipinski definition) is 6. The van der Waals surface area contributed by atoms with Gasteiger partial charge in [0.15, 0.2) is 4.90 Å². The highest BCUT2D eigenvalue weighted by Crippen LogP contribution is 2.39. The summed E-state index contributed by atoms with van der Waals surface area (Å²) in [6.45, 7) is 0.640. The van der Waals surface area contributed by atoms with Gasteiger partial charge in [0.2, 0.25) is 4.21 Å². The van der Waals surface area contributed by atoms with Gasteiger partial charge in [-0.1, -0.05) is 35.6 Å². The number of aliphatic carboxylic acids is 2. The number of nitrogens with one attached hydrogen (secondary N) is 1. The Balaban J connectivity index is 0.000000414. The van der Waals surface area contributed by atoms with E-state index in [1.54, 1.807) is 49.6 Å². The van der Waals surface area contributed by atoms with Gasteiger partial charge in [0.1, 0.15) is 11.6 Å². The van der Waals surface area contributed by atoms with E-state index in [4.69, 9.17) is 14.9 Å². The molecule has 0 saturated heterocycles. The summed E-state index contributed by atoms with van der Waals surface area (Å²) in [7, 11) is 3.42. The molecule has 1 heterocycles. The van der Waals surface area contributed by atoms with Gasteiger partial charge in [0.05, 0.1) is 12.7 Å². The second-order valence-corrected chi connectivity index (χ2v) is 9.19. The molecule has 1 aromatic heterocycles. The zero-order valence-electron chi connectivity index (χ0n) is 17.8. The minimum absolute atomic E-state index is 0.319. The molecule has 2 aromatic carbocycles. The van der Waals surface area contributed by atoms with Gasteiger partial charge >= 0.3 is 11.9 Å². The molecule has 0 fully saturated rings. The molecule has 1 atom stereocenters. The third kappa shape index (κ3) is 7.72. The Morgan fingerprint density at radius 3 is 2.33 bits per heavy atom. The first kappa shape index (κ1) is 26.1. The van der Waals surface area contributed by atoms with Crippen LogP contribution >= 0.6 is 11.3 Å². The fourth-order valence-electron chi connectivity index (χ4n) is 2.66. The number of methoxy groups -OCH3 is 1. The molecule has 3 aromatic rings. The summed E-state index contributed by atoms with van der Waals surface area (Å²) in [5, 5.41) is 18.7. The van der Waals surface area contributed by atoms with Gasteiger partial charge < -0.3 is 24.8 Å². The van der Waals surface area contributed by atoms with Crippen LogP contribution in [0.25, 0.3) is 11.1 Å². The van der Waals surface area contributed by atoms with Crippen LogP contribution in [0.3, 0.4) is 0 Å². The maximum absolute atomic E-state index is 14.3. The lowest BCUT2D eigenvalue weighted by Crippen LogP contribution is -2.03. The maximum Gasteiger partial charge on any atom is 0.328 e. The second-order valence-electron chi connectivity index (χ2n) is 6.38. The average Bonchev–Trinajstić information content (AvgIpc) is 3.22. The number of carboxylic acid groups (broad SMARTS) is 2. The number of hydrogen-bond donors (Lipinski definition) is 3. The van der Waals surface area contributed by atoms with Crippen molar-refractivity contribution in [3.63, 3.8) is 0 Å². The van der Waals surface area contributed by atoms with Crippen molar-refractivity contribution in [2.24, 2.45) is 0 Å². The van der Waals surface area contributed by atoms with Crippen LogP contribution in [0, 0.1) is 5.82 Å². The minimum atomic E-state index is -1.42. The summed E-state index contributed by atoms with van der Waals surface area (Å²) in [5.74, 6) is -2.19. The van der Waals surface area contributed by atoms with Crippen molar-refractivity contribution in [1.82, 2.24) is 5.32 Å². The fourth-order valence-corrected chi connectivity index (χ4v) is 5.49. The van der Waals surface area contributed by atoms with Gasteiger partial charge in [-0.3, -0.25) is 0 Å². The number of ether oxygens (including phenoxy) is 1. The third-order valence-corrected chi connectivity index (χ3v) is 6.93. The van der Waals surface area contributed by atoms with Crippen molar-refractivity contribution in [3.05, 3.63) is 77.4 Å². The number of benzene rings is 2. The molecule has 0 saturated carbocycles. The summed E-state index contributed by atoms with van der Waals surface area (Å²) in [4.78, 5) is 20.7. The lowest BCUT2D eigenvalue weighted by Gasteiger charge is -2.11. The molecule has 0 aliphatic rings. The zero-order chi connectivity index (χ0) is 24.4. The van der Waals surface area contributed by atoms with Gasteiger partial charge in [0, 0.05) is 46.4 Å². The molecule has 10 heteroatoms. The van der Waals surface area contributed by atoms with Crippen LogP contribution in [-0.4, -0.2) is 40.9 Å². The van der Waals surface area contributed by atoms with Gasteiger partial charge in [-0.2, -0.15) is 0 Å². The Morgan fingerprint density at radius 2 is 1.76 bits per heavy atom. The molecule has 0 bridgehead atoms. The Morgan fingerprint density at radius 1 is 1.09 bits per heavy atom. The van der Waals surface area contributed by atoms with Gasteiger partial charge in [-0.25, -0.2) is 14.0 Å². The molecule has 0 spiro atoms. The number of carbonyl (C=O) groups is 2. The van der Waals surface area contributed by atoms with Crippen molar-refractivity contribution in [1.29, 1.82) is 0 Å². The molecule has 33 heavy (non-hydrogen) atoms. The van der Waals surface area contributed by atoms with E-state index in [1.165, 1.54) is 17.4 Å². The van der Waals surface area contributed by atoms with Crippen LogP contribution in [0.5, 0.6) is 5.75 Å². The summed E-state index contributed by atoms with van der Waals surface area (Å²) in [5.41, 5.74) is 1.14. The molecule has 3 rings (SSSR count). The fraction of sp³-hybridized carbons (Fsp3) is 0.130. The molecule has 0 aliphatic carbocycles. The average molecular weight is 492 g/mol. The first-order chi connectivity index (χ1) is 15.8. The predicted octanol–water partition coefficient (Wildman–Crippen LogP) is 4.16. The molecule has 0 aliphatic heterocycles. The van der Waals surface area contributed by atoms with Crippen molar-refractivity contribution in [2.45, 2.75) is 15.6 Å². The highest BCUT2D eigenvalue weighted by molar-refractivity contribution is 7.93. The SMILES string of the molecule is CNCc1cc(-c2ccccc2F)c([S+]([O-])c2cccc(OC)c2)s1.O=C(O)/C=C/C(=O)O. The van der Waals surface area contributed by atoms with Gasteiger partial charge in [-0.05, 0) is 31.3 Å². The van der Waals surface area contributed by atoms with E-state index in [0.717, 1.165) is 4.88 Å². The molecule has 0 radical (unpaired) electrons. The van der Waals surface area contributed by atoms with E-state index in [2.05, 4.69) is 5.32 Å². The van der Waals surface area contributed by atoms with E-state index in [1.807, 2.05) is 13.1 Å². The van der Waals surface area contributed by atoms with Crippen LogP contribution in [0.4, 0.5) is 4.39 Å². The first-order valence-corrected chi connectivity index (χ1v) is 11.5. The number of halogens is 1. The van der Waals surface area contributed by atoms with E-state index < -0.39 is 23.1 Å². The number of thiophene rings is 1. The molecule has 174 valence electrons. The molecular weight excluding hydrogens is 469 g/mol. The normalized spacial score (nSPS) is 11.5. The summed E-state index contributed by atoms with van der Waals surface area (Å²) in [6, 6.07) is 15.6. The van der Waals surface area contributed by atoms with Crippen molar-refractivity contribution < 1.29 is 33.5 Å². The van der Waals surface area contributed by atoms with E-state index in [-0.39, 0.29) is 5.82 Å². The van der Waals surface area contributed by atoms with Crippen molar-refractivity contribution >= 4 is 34.5 Å². The molecule has 7 nitrogen and oxygen atoms in total. The van der Waals surface area contributed by atoms with E-state index in [0.29, 0.717) is 44.7 Å². The topological polar surface area (TPSA) is 119 Å². The van der Waals surface area contributed by atoms with Crippen molar-refractivity contribution in [2.75, 3.05) is 14.2 Å². The lowest BCUT2D eigenvalue weighted by molar-refractivity contribution is -0.134. The predicted molar refractivity (Wildman–Crippen MR) is 125 cm³/mol.